The van der Waals surface area contributed by atoms with E-state index in [2.05, 4.69) is 73.6 Å². The SMILES string of the molecule is CC(CCC(COC1CC=CC=C1Oc1ccccc1)C(C)CC(C)(C)C)CC(C)(C)C. The number of hydrogen-bond donors (Lipinski definition) is 0. The third-order valence-corrected chi connectivity index (χ3v) is 6.28. The first-order valence-electron chi connectivity index (χ1n) is 12.6. The topological polar surface area (TPSA) is 18.5 Å². The number of para-hydroxylation sites is 1. The molecule has 1 aliphatic carbocycles. The van der Waals surface area contributed by atoms with E-state index in [0.717, 1.165) is 30.5 Å². The molecule has 0 aliphatic heterocycles. The Labute approximate surface area is 198 Å². The normalized spacial score (nSPS) is 19.9. The fourth-order valence-electron chi connectivity index (χ4n) is 5.01. The zero-order chi connectivity index (χ0) is 23.8. The summed E-state index contributed by atoms with van der Waals surface area (Å²) in [5.41, 5.74) is 0.731. The first-order chi connectivity index (χ1) is 14.9. The fraction of sp³-hybridized carbons (Fsp3) is 0.667. The second kappa shape index (κ2) is 12.1. The maximum absolute atomic E-state index is 6.55. The van der Waals surface area contributed by atoms with Crippen LogP contribution in [0.1, 0.15) is 87.5 Å². The van der Waals surface area contributed by atoms with Crippen LogP contribution in [-0.4, -0.2) is 12.7 Å². The molecule has 180 valence electrons. The average molecular weight is 441 g/mol. The Morgan fingerprint density at radius 2 is 1.56 bits per heavy atom. The number of allylic oxidation sites excluding steroid dienone is 2. The first kappa shape index (κ1) is 26.7. The predicted molar refractivity (Wildman–Crippen MR) is 138 cm³/mol. The molecule has 0 amide bonds. The average Bonchev–Trinajstić information content (AvgIpc) is 2.67. The number of benzene rings is 1. The van der Waals surface area contributed by atoms with Gasteiger partial charge in [0.2, 0.25) is 0 Å². The van der Waals surface area contributed by atoms with Crippen LogP contribution in [0, 0.1) is 28.6 Å². The van der Waals surface area contributed by atoms with E-state index in [1.54, 1.807) is 0 Å². The van der Waals surface area contributed by atoms with E-state index in [-0.39, 0.29) is 6.10 Å². The van der Waals surface area contributed by atoms with Crippen molar-refractivity contribution in [1.29, 1.82) is 0 Å². The summed E-state index contributed by atoms with van der Waals surface area (Å²) in [5, 5.41) is 0. The summed E-state index contributed by atoms with van der Waals surface area (Å²) < 4.78 is 12.7. The minimum absolute atomic E-state index is 0.00320. The molecule has 2 heteroatoms. The Morgan fingerprint density at radius 3 is 2.19 bits per heavy atom. The van der Waals surface area contributed by atoms with Crippen molar-refractivity contribution in [3.8, 4) is 5.75 Å². The van der Waals surface area contributed by atoms with Gasteiger partial charge in [-0.05, 0) is 72.5 Å². The van der Waals surface area contributed by atoms with Crippen LogP contribution in [-0.2, 0) is 4.74 Å². The molecule has 0 bridgehead atoms. The summed E-state index contributed by atoms with van der Waals surface area (Å²) in [5.74, 6) is 3.74. The van der Waals surface area contributed by atoms with Crippen LogP contribution in [0.4, 0.5) is 0 Å². The van der Waals surface area contributed by atoms with Crippen molar-refractivity contribution >= 4 is 0 Å². The molecule has 0 fully saturated rings. The van der Waals surface area contributed by atoms with Crippen LogP contribution in [0.3, 0.4) is 0 Å². The van der Waals surface area contributed by atoms with Crippen LogP contribution in [0.5, 0.6) is 5.75 Å². The summed E-state index contributed by atoms with van der Waals surface area (Å²) in [6.45, 7) is 19.7. The maximum Gasteiger partial charge on any atom is 0.133 e. The van der Waals surface area contributed by atoms with Crippen molar-refractivity contribution in [1.82, 2.24) is 0 Å². The van der Waals surface area contributed by atoms with Gasteiger partial charge in [0.25, 0.3) is 0 Å². The minimum atomic E-state index is -0.00320. The van der Waals surface area contributed by atoms with Gasteiger partial charge in [0, 0.05) is 0 Å². The second-order valence-corrected chi connectivity index (χ2v) is 12.4. The molecule has 0 saturated carbocycles. The molecule has 1 aliphatic rings. The molecular formula is C30H48O2. The van der Waals surface area contributed by atoms with Crippen molar-refractivity contribution in [2.24, 2.45) is 28.6 Å². The lowest BCUT2D eigenvalue weighted by Crippen LogP contribution is -2.28. The summed E-state index contributed by atoms with van der Waals surface area (Å²) in [6.07, 6.45) is 12.2. The molecule has 1 aromatic rings. The third kappa shape index (κ3) is 10.4. The molecule has 0 N–H and O–H groups in total. The Morgan fingerprint density at radius 1 is 0.906 bits per heavy atom. The van der Waals surface area contributed by atoms with Crippen molar-refractivity contribution < 1.29 is 9.47 Å². The Bertz CT molecular complexity index is 717. The largest absolute Gasteiger partial charge is 0.459 e. The highest BCUT2D eigenvalue weighted by Gasteiger charge is 2.27. The summed E-state index contributed by atoms with van der Waals surface area (Å²) in [4.78, 5) is 0. The van der Waals surface area contributed by atoms with Gasteiger partial charge in [0.15, 0.2) is 0 Å². The first-order valence-corrected chi connectivity index (χ1v) is 12.6. The van der Waals surface area contributed by atoms with Gasteiger partial charge in [-0.15, -0.1) is 0 Å². The predicted octanol–water partition coefficient (Wildman–Crippen LogP) is 8.84. The highest BCUT2D eigenvalue weighted by Crippen LogP contribution is 2.34. The molecule has 0 heterocycles. The van der Waals surface area contributed by atoms with Gasteiger partial charge in [-0.2, -0.15) is 0 Å². The third-order valence-electron chi connectivity index (χ3n) is 6.28. The molecule has 0 aromatic heterocycles. The van der Waals surface area contributed by atoms with Crippen LogP contribution in [0.2, 0.25) is 0 Å². The van der Waals surface area contributed by atoms with Crippen molar-refractivity contribution in [2.75, 3.05) is 6.61 Å². The van der Waals surface area contributed by atoms with Gasteiger partial charge in [-0.25, -0.2) is 0 Å². The summed E-state index contributed by atoms with van der Waals surface area (Å²) in [6, 6.07) is 10.0. The van der Waals surface area contributed by atoms with Crippen LogP contribution >= 0.6 is 0 Å². The second-order valence-electron chi connectivity index (χ2n) is 12.4. The van der Waals surface area contributed by atoms with E-state index in [1.165, 1.54) is 25.7 Å². The fourth-order valence-corrected chi connectivity index (χ4v) is 5.01. The van der Waals surface area contributed by atoms with Gasteiger partial charge in [0.05, 0.1) is 6.61 Å². The molecule has 0 saturated heterocycles. The van der Waals surface area contributed by atoms with Crippen LogP contribution in [0.15, 0.2) is 54.3 Å². The van der Waals surface area contributed by atoms with Gasteiger partial charge in [0.1, 0.15) is 17.6 Å². The monoisotopic (exact) mass is 440 g/mol. The molecule has 0 spiro atoms. The van der Waals surface area contributed by atoms with Crippen LogP contribution in [0.25, 0.3) is 0 Å². The van der Waals surface area contributed by atoms with E-state index < -0.39 is 0 Å². The van der Waals surface area contributed by atoms with E-state index in [0.29, 0.717) is 22.7 Å². The summed E-state index contributed by atoms with van der Waals surface area (Å²) in [7, 11) is 0. The number of ether oxygens (including phenoxy) is 2. The molecule has 4 atom stereocenters. The maximum atomic E-state index is 6.55. The lowest BCUT2D eigenvalue weighted by atomic mass is 9.76. The molecule has 4 unspecified atom stereocenters. The zero-order valence-corrected chi connectivity index (χ0v) is 22.0. The quantitative estimate of drug-likeness (QED) is 0.342. The van der Waals surface area contributed by atoms with E-state index >= 15 is 0 Å². The van der Waals surface area contributed by atoms with E-state index in [9.17, 15) is 0 Å². The molecule has 2 nitrogen and oxygen atoms in total. The smallest absolute Gasteiger partial charge is 0.133 e. The molecular weight excluding hydrogens is 392 g/mol. The standard InChI is InChI=1S/C30H48O2/c1-23(20-29(3,4)5)18-19-25(24(2)21-30(6,7)8)22-31-27-16-12-13-17-28(27)32-26-14-10-9-11-15-26/h9-15,17,23-25,27H,16,18-22H2,1-8H3. The van der Waals surface area contributed by atoms with E-state index in [4.69, 9.17) is 9.47 Å². The Balaban J connectivity index is 2.00. The zero-order valence-electron chi connectivity index (χ0n) is 22.0. The van der Waals surface area contributed by atoms with E-state index in [1.807, 2.05) is 30.3 Å². The number of rotatable bonds is 11. The van der Waals surface area contributed by atoms with Gasteiger partial charge in [-0.1, -0.05) is 92.2 Å². The highest BCUT2D eigenvalue weighted by atomic mass is 16.5. The molecule has 2 rings (SSSR count). The van der Waals surface area contributed by atoms with Gasteiger partial charge < -0.3 is 9.47 Å². The van der Waals surface area contributed by atoms with Crippen LogP contribution < -0.4 is 4.74 Å². The Kier molecular flexibility index (Phi) is 10.1. The minimum Gasteiger partial charge on any atom is -0.459 e. The van der Waals surface area contributed by atoms with Crippen molar-refractivity contribution in [2.45, 2.75) is 93.6 Å². The van der Waals surface area contributed by atoms with Crippen molar-refractivity contribution in [3.63, 3.8) is 0 Å². The summed E-state index contributed by atoms with van der Waals surface area (Å²) >= 11 is 0. The molecule has 0 radical (unpaired) electrons. The lowest BCUT2D eigenvalue weighted by Gasteiger charge is -2.32. The van der Waals surface area contributed by atoms with Gasteiger partial charge >= 0.3 is 0 Å². The molecule has 32 heavy (non-hydrogen) atoms. The highest BCUT2D eigenvalue weighted by molar-refractivity contribution is 5.27. The van der Waals surface area contributed by atoms with Crippen molar-refractivity contribution in [3.05, 3.63) is 54.3 Å². The Hall–Kier alpha value is -1.54. The lowest BCUT2D eigenvalue weighted by molar-refractivity contribution is 0.0104. The van der Waals surface area contributed by atoms with Gasteiger partial charge in [-0.3, -0.25) is 0 Å². The molecule has 1 aromatic carbocycles. The number of hydrogen-bond acceptors (Lipinski definition) is 2.